The van der Waals surface area contributed by atoms with Crippen LogP contribution in [-0.2, 0) is 0 Å². The molecule has 1 heterocycles. The Morgan fingerprint density at radius 3 is 2.78 bits per heavy atom. The van der Waals surface area contributed by atoms with Crippen molar-refractivity contribution in [3.63, 3.8) is 0 Å². The Morgan fingerprint density at radius 1 is 1.11 bits per heavy atom. The number of rotatable bonds is 1. The molecule has 2 saturated carbocycles. The lowest BCUT2D eigenvalue weighted by molar-refractivity contribution is 0.219. The third-order valence-electron chi connectivity index (χ3n) is 5.26. The van der Waals surface area contributed by atoms with Crippen molar-refractivity contribution in [2.75, 3.05) is 0 Å². The number of allylic oxidation sites excluding steroid dienone is 1. The van der Waals surface area contributed by atoms with Crippen LogP contribution in [0.1, 0.15) is 58.8 Å². The van der Waals surface area contributed by atoms with Gasteiger partial charge in [-0.25, -0.2) is 0 Å². The van der Waals surface area contributed by atoms with Crippen molar-refractivity contribution in [1.29, 1.82) is 0 Å². The van der Waals surface area contributed by atoms with Gasteiger partial charge in [-0.1, -0.05) is 33.1 Å². The van der Waals surface area contributed by atoms with Crippen molar-refractivity contribution in [3.05, 3.63) is 11.1 Å². The molecule has 0 unspecified atom stereocenters. The average molecular weight is 265 g/mol. The highest BCUT2D eigenvalue weighted by Gasteiger charge is 2.34. The highest BCUT2D eigenvalue weighted by atomic mass is 32.2. The summed E-state index contributed by atoms with van der Waals surface area (Å²) in [7, 11) is 0. The first-order valence-electron chi connectivity index (χ1n) is 7.86. The van der Waals surface area contributed by atoms with Gasteiger partial charge in [0.2, 0.25) is 0 Å². The zero-order chi connectivity index (χ0) is 12.5. The second kappa shape index (κ2) is 5.48. The van der Waals surface area contributed by atoms with Gasteiger partial charge in [-0.15, -0.1) is 11.8 Å². The summed E-state index contributed by atoms with van der Waals surface area (Å²) in [4.78, 5) is 0. The van der Waals surface area contributed by atoms with Crippen LogP contribution in [0.4, 0.5) is 0 Å². The minimum Gasteiger partial charge on any atom is -0.384 e. The first-order valence-corrected chi connectivity index (χ1v) is 8.80. The molecular weight excluding hydrogens is 238 g/mol. The first kappa shape index (κ1) is 12.9. The SMILES string of the molecule is C[C@@H]1CC[C@@H](C2=CS[C@@H]3CCCC[C@@H]3N2)[C@H](C)C1. The van der Waals surface area contributed by atoms with Gasteiger partial charge in [0.15, 0.2) is 0 Å². The Morgan fingerprint density at radius 2 is 1.94 bits per heavy atom. The zero-order valence-electron chi connectivity index (χ0n) is 11.8. The molecule has 18 heavy (non-hydrogen) atoms. The lowest BCUT2D eigenvalue weighted by atomic mass is 9.74. The van der Waals surface area contributed by atoms with Crippen LogP contribution in [0.15, 0.2) is 11.1 Å². The topological polar surface area (TPSA) is 12.0 Å². The van der Waals surface area contributed by atoms with Crippen molar-refractivity contribution in [2.24, 2.45) is 17.8 Å². The van der Waals surface area contributed by atoms with Gasteiger partial charge in [0.05, 0.1) is 0 Å². The molecule has 0 spiro atoms. The molecule has 2 heteroatoms. The number of hydrogen-bond donors (Lipinski definition) is 1. The first-order chi connectivity index (χ1) is 8.74. The quantitative estimate of drug-likeness (QED) is 0.746. The van der Waals surface area contributed by atoms with Crippen LogP contribution < -0.4 is 5.32 Å². The van der Waals surface area contributed by atoms with E-state index in [0.29, 0.717) is 0 Å². The summed E-state index contributed by atoms with van der Waals surface area (Å²) >= 11 is 2.13. The predicted octanol–water partition coefficient (Wildman–Crippen LogP) is 4.55. The van der Waals surface area contributed by atoms with Crippen LogP contribution >= 0.6 is 11.8 Å². The maximum atomic E-state index is 3.91. The van der Waals surface area contributed by atoms with E-state index in [-0.39, 0.29) is 0 Å². The van der Waals surface area contributed by atoms with Crippen LogP contribution in [0.25, 0.3) is 0 Å². The Bertz CT molecular complexity index is 325. The summed E-state index contributed by atoms with van der Waals surface area (Å²) in [5, 5.41) is 7.25. The summed E-state index contributed by atoms with van der Waals surface area (Å²) in [6, 6.07) is 0.773. The third-order valence-corrected chi connectivity index (χ3v) is 6.56. The maximum Gasteiger partial charge on any atom is 0.0380 e. The molecule has 0 radical (unpaired) electrons. The van der Waals surface area contributed by atoms with Gasteiger partial charge in [0, 0.05) is 22.9 Å². The Hall–Kier alpha value is -0.110. The summed E-state index contributed by atoms with van der Waals surface area (Å²) in [5.74, 6) is 2.63. The van der Waals surface area contributed by atoms with Crippen LogP contribution in [0.3, 0.4) is 0 Å². The van der Waals surface area contributed by atoms with Gasteiger partial charge in [-0.2, -0.15) is 0 Å². The van der Waals surface area contributed by atoms with Gasteiger partial charge < -0.3 is 5.32 Å². The number of thioether (sulfide) groups is 1. The second-order valence-corrected chi connectivity index (χ2v) is 7.90. The van der Waals surface area contributed by atoms with E-state index in [9.17, 15) is 0 Å². The Kier molecular flexibility index (Phi) is 3.93. The largest absolute Gasteiger partial charge is 0.384 e. The summed E-state index contributed by atoms with van der Waals surface area (Å²) in [5.41, 5.74) is 1.59. The Labute approximate surface area is 116 Å². The van der Waals surface area contributed by atoms with Gasteiger partial charge in [-0.3, -0.25) is 0 Å². The third kappa shape index (κ3) is 2.59. The van der Waals surface area contributed by atoms with E-state index in [1.165, 1.54) is 44.9 Å². The molecule has 0 aromatic rings. The van der Waals surface area contributed by atoms with Crippen LogP contribution in [-0.4, -0.2) is 11.3 Å². The van der Waals surface area contributed by atoms with E-state index in [4.69, 9.17) is 0 Å². The standard InChI is InChI=1S/C16H27NS/c1-11-7-8-13(12(2)9-11)15-10-18-16-6-4-3-5-14(16)17-15/h10-14,16-17H,3-9H2,1-2H3/t11-,12-,13-,14+,16-/m1/s1. The monoisotopic (exact) mass is 265 g/mol. The van der Waals surface area contributed by atoms with Crippen molar-refractivity contribution >= 4 is 11.8 Å². The van der Waals surface area contributed by atoms with E-state index >= 15 is 0 Å². The van der Waals surface area contributed by atoms with Crippen molar-refractivity contribution < 1.29 is 0 Å². The second-order valence-electron chi connectivity index (χ2n) is 6.79. The van der Waals surface area contributed by atoms with E-state index < -0.39 is 0 Å². The van der Waals surface area contributed by atoms with E-state index in [0.717, 1.165) is 29.0 Å². The van der Waals surface area contributed by atoms with Crippen LogP contribution in [0.5, 0.6) is 0 Å². The highest BCUT2D eigenvalue weighted by molar-refractivity contribution is 8.02. The lowest BCUT2D eigenvalue weighted by Crippen LogP contribution is -2.44. The minimum absolute atomic E-state index is 0.773. The normalized spacial score (nSPS) is 44.8. The summed E-state index contributed by atoms with van der Waals surface area (Å²) in [6.45, 7) is 4.88. The fourth-order valence-electron chi connectivity index (χ4n) is 4.16. The molecule has 2 fully saturated rings. The molecule has 1 nitrogen and oxygen atoms in total. The molecule has 102 valence electrons. The molecule has 0 aromatic heterocycles. The van der Waals surface area contributed by atoms with Gasteiger partial charge in [-0.05, 0) is 42.9 Å². The molecular formula is C16H27NS. The van der Waals surface area contributed by atoms with E-state index in [1.807, 2.05) is 0 Å². The van der Waals surface area contributed by atoms with E-state index in [1.54, 1.807) is 5.70 Å². The van der Waals surface area contributed by atoms with Gasteiger partial charge >= 0.3 is 0 Å². The molecule has 0 saturated heterocycles. The molecule has 3 aliphatic rings. The zero-order valence-corrected chi connectivity index (χ0v) is 12.6. The molecule has 5 atom stereocenters. The molecule has 3 rings (SSSR count). The molecule has 1 N–H and O–H groups in total. The molecule has 0 aromatic carbocycles. The van der Waals surface area contributed by atoms with Crippen molar-refractivity contribution in [2.45, 2.75) is 70.1 Å². The van der Waals surface area contributed by atoms with Gasteiger partial charge in [0.25, 0.3) is 0 Å². The molecule has 1 aliphatic heterocycles. The van der Waals surface area contributed by atoms with Crippen LogP contribution in [0, 0.1) is 17.8 Å². The fraction of sp³-hybridized carbons (Fsp3) is 0.875. The molecule has 0 bridgehead atoms. The Balaban J connectivity index is 1.67. The lowest BCUT2D eigenvalue weighted by Gasteiger charge is -2.41. The van der Waals surface area contributed by atoms with Crippen molar-refractivity contribution in [1.82, 2.24) is 5.32 Å². The number of nitrogens with one attached hydrogen (secondary N) is 1. The highest BCUT2D eigenvalue weighted by Crippen LogP contribution is 2.41. The minimum atomic E-state index is 0.773. The van der Waals surface area contributed by atoms with E-state index in [2.05, 4.69) is 36.3 Å². The summed E-state index contributed by atoms with van der Waals surface area (Å²) < 4.78 is 0. The fourth-order valence-corrected chi connectivity index (χ4v) is 5.42. The van der Waals surface area contributed by atoms with Crippen LogP contribution in [0.2, 0.25) is 0 Å². The predicted molar refractivity (Wildman–Crippen MR) is 80.5 cm³/mol. The van der Waals surface area contributed by atoms with Crippen molar-refractivity contribution in [3.8, 4) is 0 Å². The number of fused-ring (bicyclic) bond motifs is 1. The number of hydrogen-bond acceptors (Lipinski definition) is 2. The maximum absolute atomic E-state index is 3.91. The summed E-state index contributed by atoms with van der Waals surface area (Å²) in [6.07, 6.45) is 9.93. The molecule has 0 amide bonds. The average Bonchev–Trinajstić information content (AvgIpc) is 2.38. The molecule has 2 aliphatic carbocycles. The smallest absolute Gasteiger partial charge is 0.0380 e. The van der Waals surface area contributed by atoms with Gasteiger partial charge in [0.1, 0.15) is 0 Å².